The molecule has 31 heavy (non-hydrogen) atoms. The summed E-state index contributed by atoms with van der Waals surface area (Å²) in [5.74, 6) is 0.983. The second kappa shape index (κ2) is 8.92. The van der Waals surface area contributed by atoms with Gasteiger partial charge in [0.05, 0.1) is 12.2 Å². The first-order valence-electron chi connectivity index (χ1n) is 10.2. The Labute approximate surface area is 181 Å². The minimum Gasteiger partial charge on any atom is -0.492 e. The number of benzene rings is 3. The van der Waals surface area contributed by atoms with Crippen LogP contribution >= 0.6 is 0 Å². The van der Waals surface area contributed by atoms with Crippen LogP contribution < -0.4 is 19.7 Å². The van der Waals surface area contributed by atoms with Crippen molar-refractivity contribution in [2.75, 3.05) is 23.4 Å². The number of carbonyl (C=O) groups is 2. The van der Waals surface area contributed by atoms with E-state index in [-0.39, 0.29) is 11.8 Å². The number of rotatable bonds is 6. The Morgan fingerprint density at radius 1 is 1.06 bits per heavy atom. The van der Waals surface area contributed by atoms with Gasteiger partial charge in [0, 0.05) is 17.3 Å². The minimum absolute atomic E-state index is 0.124. The fourth-order valence-electron chi connectivity index (χ4n) is 3.40. The van der Waals surface area contributed by atoms with Crippen LogP contribution in [0.5, 0.6) is 11.5 Å². The number of aryl methyl sites for hydroxylation is 1. The second-order valence-corrected chi connectivity index (χ2v) is 7.41. The van der Waals surface area contributed by atoms with E-state index in [0.717, 1.165) is 11.3 Å². The van der Waals surface area contributed by atoms with E-state index in [0.29, 0.717) is 35.8 Å². The number of nitrogens with one attached hydrogen (secondary N) is 1. The van der Waals surface area contributed by atoms with Gasteiger partial charge in [-0.3, -0.25) is 9.59 Å². The van der Waals surface area contributed by atoms with Crippen molar-refractivity contribution >= 4 is 23.2 Å². The van der Waals surface area contributed by atoms with E-state index in [1.807, 2.05) is 49.4 Å². The van der Waals surface area contributed by atoms with Gasteiger partial charge in [0.1, 0.15) is 18.1 Å². The van der Waals surface area contributed by atoms with Crippen LogP contribution in [0.25, 0.3) is 0 Å². The quantitative estimate of drug-likeness (QED) is 0.645. The molecular formula is C25H24N2O4. The molecule has 0 saturated carbocycles. The summed E-state index contributed by atoms with van der Waals surface area (Å²) in [7, 11) is 0. The third-order valence-corrected chi connectivity index (χ3v) is 5.07. The molecule has 0 spiro atoms. The maximum absolute atomic E-state index is 12.7. The van der Waals surface area contributed by atoms with E-state index >= 15 is 0 Å². The number of nitrogens with zero attached hydrogens (tertiary/aromatic N) is 1. The van der Waals surface area contributed by atoms with Gasteiger partial charge in [-0.25, -0.2) is 0 Å². The molecule has 1 aliphatic heterocycles. The number of fused-ring (bicyclic) bond motifs is 1. The molecular weight excluding hydrogens is 392 g/mol. The van der Waals surface area contributed by atoms with Gasteiger partial charge in [-0.2, -0.15) is 0 Å². The summed E-state index contributed by atoms with van der Waals surface area (Å²) < 4.78 is 11.6. The summed E-state index contributed by atoms with van der Waals surface area (Å²) in [4.78, 5) is 26.8. The topological polar surface area (TPSA) is 67.9 Å². The first-order valence-corrected chi connectivity index (χ1v) is 10.2. The van der Waals surface area contributed by atoms with Crippen LogP contribution in [-0.2, 0) is 4.79 Å². The summed E-state index contributed by atoms with van der Waals surface area (Å²) in [5.41, 5.74) is 2.99. The van der Waals surface area contributed by atoms with E-state index in [1.54, 1.807) is 42.2 Å². The normalized spacial score (nSPS) is 15.1. The molecule has 6 heteroatoms. The average Bonchev–Trinajstić information content (AvgIpc) is 2.78. The lowest BCUT2D eigenvalue weighted by molar-refractivity contribution is -0.125. The number of hydrogen-bond donors (Lipinski definition) is 1. The summed E-state index contributed by atoms with van der Waals surface area (Å²) in [6, 6.07) is 22.1. The van der Waals surface area contributed by atoms with Crippen LogP contribution in [0.2, 0.25) is 0 Å². The highest BCUT2D eigenvalue weighted by molar-refractivity contribution is 6.05. The van der Waals surface area contributed by atoms with Gasteiger partial charge in [-0.1, -0.05) is 35.9 Å². The second-order valence-electron chi connectivity index (χ2n) is 7.41. The highest BCUT2D eigenvalue weighted by Crippen LogP contribution is 2.36. The highest BCUT2D eigenvalue weighted by atomic mass is 16.5. The maximum Gasteiger partial charge on any atom is 0.267 e. The van der Waals surface area contributed by atoms with Crippen molar-refractivity contribution in [1.29, 1.82) is 0 Å². The zero-order valence-corrected chi connectivity index (χ0v) is 17.5. The van der Waals surface area contributed by atoms with Crippen molar-refractivity contribution in [2.45, 2.75) is 20.0 Å². The zero-order valence-electron chi connectivity index (χ0n) is 17.5. The van der Waals surface area contributed by atoms with Crippen molar-refractivity contribution in [2.24, 2.45) is 0 Å². The van der Waals surface area contributed by atoms with E-state index in [4.69, 9.17) is 9.47 Å². The summed E-state index contributed by atoms with van der Waals surface area (Å²) >= 11 is 0. The number of ether oxygens (including phenoxy) is 2. The summed E-state index contributed by atoms with van der Waals surface area (Å²) in [6.07, 6.45) is -0.619. The van der Waals surface area contributed by atoms with Crippen LogP contribution in [0, 0.1) is 6.92 Å². The number of carbonyl (C=O) groups excluding carboxylic acids is 2. The number of hydrogen-bond acceptors (Lipinski definition) is 4. The molecule has 6 nitrogen and oxygen atoms in total. The predicted molar refractivity (Wildman–Crippen MR) is 120 cm³/mol. The van der Waals surface area contributed by atoms with Gasteiger partial charge in [0.25, 0.3) is 11.8 Å². The molecule has 0 fully saturated rings. The van der Waals surface area contributed by atoms with Crippen LogP contribution in [-0.4, -0.2) is 31.1 Å². The average molecular weight is 416 g/mol. The Bertz CT molecular complexity index is 1080. The first-order chi connectivity index (χ1) is 15.0. The molecule has 0 radical (unpaired) electrons. The molecule has 0 aliphatic carbocycles. The number of anilines is 2. The summed E-state index contributed by atoms with van der Waals surface area (Å²) in [6.45, 7) is 4.48. The Balaban J connectivity index is 1.47. The van der Waals surface area contributed by atoms with Gasteiger partial charge in [0.2, 0.25) is 0 Å². The Morgan fingerprint density at radius 3 is 2.55 bits per heavy atom. The molecule has 1 heterocycles. The van der Waals surface area contributed by atoms with Crippen LogP contribution in [0.3, 0.4) is 0 Å². The first kappa shape index (κ1) is 20.5. The molecule has 2 amide bonds. The van der Waals surface area contributed by atoms with E-state index in [9.17, 15) is 9.59 Å². The lowest BCUT2D eigenvalue weighted by Gasteiger charge is -2.33. The lowest BCUT2D eigenvalue weighted by atomic mass is 10.1. The highest BCUT2D eigenvalue weighted by Gasteiger charge is 2.31. The fraction of sp³-hybridized carbons (Fsp3) is 0.200. The van der Waals surface area contributed by atoms with Crippen molar-refractivity contribution in [3.05, 3.63) is 83.9 Å². The zero-order chi connectivity index (χ0) is 21.8. The van der Waals surface area contributed by atoms with Crippen molar-refractivity contribution in [3.63, 3.8) is 0 Å². The Kier molecular flexibility index (Phi) is 5.89. The smallest absolute Gasteiger partial charge is 0.267 e. The molecule has 0 saturated heterocycles. The van der Waals surface area contributed by atoms with Gasteiger partial charge in [0.15, 0.2) is 6.10 Å². The molecule has 1 N–H and O–H groups in total. The van der Waals surface area contributed by atoms with E-state index < -0.39 is 6.10 Å². The molecule has 0 bridgehead atoms. The minimum atomic E-state index is -0.619. The molecule has 4 rings (SSSR count). The van der Waals surface area contributed by atoms with Crippen LogP contribution in [0.4, 0.5) is 11.4 Å². The van der Waals surface area contributed by atoms with Gasteiger partial charge < -0.3 is 19.7 Å². The SMILES string of the molecule is Cc1ccc(OCCN2C(=O)C(C)Oc3cc(NC(=O)c4ccccc4)ccc32)cc1. The van der Waals surface area contributed by atoms with Gasteiger partial charge in [-0.15, -0.1) is 0 Å². The fourth-order valence-corrected chi connectivity index (χ4v) is 3.40. The molecule has 158 valence electrons. The number of amides is 2. The van der Waals surface area contributed by atoms with Crippen molar-refractivity contribution in [3.8, 4) is 11.5 Å². The summed E-state index contributed by atoms with van der Waals surface area (Å²) in [5, 5.41) is 2.87. The van der Waals surface area contributed by atoms with Crippen LogP contribution in [0.15, 0.2) is 72.8 Å². The molecule has 3 aromatic carbocycles. The molecule has 0 aromatic heterocycles. The molecule has 1 atom stereocenters. The van der Waals surface area contributed by atoms with E-state index in [2.05, 4.69) is 5.32 Å². The molecule has 1 unspecified atom stereocenters. The van der Waals surface area contributed by atoms with Crippen molar-refractivity contribution in [1.82, 2.24) is 0 Å². The Hall–Kier alpha value is -3.80. The molecule has 3 aromatic rings. The van der Waals surface area contributed by atoms with Crippen LogP contribution in [0.1, 0.15) is 22.8 Å². The maximum atomic E-state index is 12.7. The third kappa shape index (κ3) is 4.69. The van der Waals surface area contributed by atoms with Crippen molar-refractivity contribution < 1.29 is 19.1 Å². The Morgan fingerprint density at radius 2 is 1.81 bits per heavy atom. The third-order valence-electron chi connectivity index (χ3n) is 5.07. The largest absolute Gasteiger partial charge is 0.492 e. The standard InChI is InChI=1S/C25H24N2O4/c1-17-8-11-21(12-9-17)30-15-14-27-22-13-10-20(16-23(22)31-18(2)25(27)29)26-24(28)19-6-4-3-5-7-19/h3-13,16,18H,14-15H2,1-2H3,(H,26,28). The lowest BCUT2D eigenvalue weighted by Crippen LogP contribution is -2.46. The predicted octanol–water partition coefficient (Wildman–Crippen LogP) is 4.44. The monoisotopic (exact) mass is 416 g/mol. The van der Waals surface area contributed by atoms with Gasteiger partial charge >= 0.3 is 0 Å². The van der Waals surface area contributed by atoms with E-state index in [1.165, 1.54) is 0 Å². The van der Waals surface area contributed by atoms with Gasteiger partial charge in [-0.05, 0) is 50.2 Å². The molecule has 1 aliphatic rings.